The number of hydrogen-bond acceptors (Lipinski definition) is 0. The van der Waals surface area contributed by atoms with Crippen LogP contribution in [0, 0.1) is 6.92 Å². The normalized spacial score (nSPS) is 12.7. The van der Waals surface area contributed by atoms with E-state index in [1.807, 2.05) is 0 Å². The van der Waals surface area contributed by atoms with Crippen LogP contribution in [0.15, 0.2) is 84.9 Å². The van der Waals surface area contributed by atoms with Crippen LogP contribution in [0.3, 0.4) is 0 Å². The summed E-state index contributed by atoms with van der Waals surface area (Å²) in [6.07, 6.45) is 5.06. The van der Waals surface area contributed by atoms with Crippen LogP contribution in [0.5, 0.6) is 0 Å². The van der Waals surface area contributed by atoms with Gasteiger partial charge in [0.25, 0.3) is 0 Å². The smallest absolute Gasteiger partial charge is 0.0654 e. The summed E-state index contributed by atoms with van der Waals surface area (Å²) in [5.74, 6) is 0. The van der Waals surface area contributed by atoms with Crippen LogP contribution in [-0.2, 0) is 0 Å². The fourth-order valence-corrected chi connectivity index (χ4v) is 9.65. The fraction of sp³-hybridized carbons (Fsp3) is 0.308. The zero-order valence-corrected chi connectivity index (χ0v) is 17.8. The van der Waals surface area contributed by atoms with Gasteiger partial charge in [-0.3, -0.25) is 0 Å². The van der Waals surface area contributed by atoms with E-state index in [1.165, 1.54) is 47.2 Å². The molecule has 0 amide bonds. The first kappa shape index (κ1) is 19.8. The van der Waals surface area contributed by atoms with Gasteiger partial charge < -0.3 is 0 Å². The molecule has 3 aromatic carbocycles. The van der Waals surface area contributed by atoms with E-state index in [4.69, 9.17) is 0 Å². The SMILES string of the molecule is CCCCC(CC)[P+](c1ccccc1)(c1ccccc1)c1cccc(C)c1. The van der Waals surface area contributed by atoms with Crippen LogP contribution < -0.4 is 15.9 Å². The zero-order valence-electron chi connectivity index (χ0n) is 16.9. The topological polar surface area (TPSA) is 0 Å². The molecule has 1 unspecified atom stereocenters. The van der Waals surface area contributed by atoms with Crippen molar-refractivity contribution < 1.29 is 0 Å². The molecule has 3 rings (SSSR count). The van der Waals surface area contributed by atoms with Gasteiger partial charge in [-0.1, -0.05) is 68.8 Å². The second-order valence-electron chi connectivity index (χ2n) is 7.44. The summed E-state index contributed by atoms with van der Waals surface area (Å²) < 4.78 is 0. The van der Waals surface area contributed by atoms with Gasteiger partial charge in [-0.25, -0.2) is 0 Å². The van der Waals surface area contributed by atoms with Crippen LogP contribution in [0.4, 0.5) is 0 Å². The van der Waals surface area contributed by atoms with E-state index in [0.717, 1.165) is 0 Å². The minimum atomic E-state index is -1.72. The Morgan fingerprint density at radius 3 is 1.74 bits per heavy atom. The lowest BCUT2D eigenvalue weighted by atomic mass is 10.2. The molecule has 0 heterocycles. The first-order valence-corrected chi connectivity index (χ1v) is 12.2. The molecule has 0 aliphatic carbocycles. The van der Waals surface area contributed by atoms with Crippen molar-refractivity contribution in [1.82, 2.24) is 0 Å². The largest absolute Gasteiger partial charge is 0.115 e. The van der Waals surface area contributed by atoms with Crippen molar-refractivity contribution in [3.63, 3.8) is 0 Å². The Kier molecular flexibility index (Phi) is 6.86. The van der Waals surface area contributed by atoms with Gasteiger partial charge in [0, 0.05) is 0 Å². The molecule has 3 aromatic rings. The highest BCUT2D eigenvalue weighted by Gasteiger charge is 2.51. The molecule has 0 saturated heterocycles. The van der Waals surface area contributed by atoms with Gasteiger partial charge in [0.15, 0.2) is 0 Å². The van der Waals surface area contributed by atoms with Gasteiger partial charge in [0.1, 0.15) is 23.2 Å². The van der Waals surface area contributed by atoms with Gasteiger partial charge in [-0.2, -0.15) is 0 Å². The average molecular weight is 376 g/mol. The molecule has 0 bridgehead atoms. The van der Waals surface area contributed by atoms with Gasteiger partial charge in [-0.05, 0) is 68.1 Å². The summed E-state index contributed by atoms with van der Waals surface area (Å²) >= 11 is 0. The number of aryl methyl sites for hydroxylation is 1. The molecular formula is C26H32P+. The maximum atomic E-state index is 2.45. The lowest BCUT2D eigenvalue weighted by Crippen LogP contribution is -2.38. The summed E-state index contributed by atoms with van der Waals surface area (Å²) in [5.41, 5.74) is 2.03. The molecule has 1 atom stereocenters. The van der Waals surface area contributed by atoms with Gasteiger partial charge >= 0.3 is 0 Å². The summed E-state index contributed by atoms with van der Waals surface area (Å²) in [5, 5.41) is 4.57. The van der Waals surface area contributed by atoms with Crippen molar-refractivity contribution in [1.29, 1.82) is 0 Å². The number of benzene rings is 3. The van der Waals surface area contributed by atoms with Gasteiger partial charge in [-0.15, -0.1) is 0 Å². The van der Waals surface area contributed by atoms with Crippen molar-refractivity contribution in [3.05, 3.63) is 90.5 Å². The van der Waals surface area contributed by atoms with E-state index >= 15 is 0 Å². The number of unbranched alkanes of at least 4 members (excludes halogenated alkanes) is 1. The van der Waals surface area contributed by atoms with E-state index in [0.29, 0.717) is 5.66 Å². The average Bonchev–Trinajstić information content (AvgIpc) is 2.72. The molecule has 0 aliphatic rings. The van der Waals surface area contributed by atoms with E-state index in [9.17, 15) is 0 Å². The highest BCUT2D eigenvalue weighted by atomic mass is 31.2. The van der Waals surface area contributed by atoms with Crippen molar-refractivity contribution >= 4 is 23.2 Å². The monoisotopic (exact) mass is 375 g/mol. The maximum Gasteiger partial charge on any atom is 0.115 e. The Bertz CT molecular complexity index is 784. The van der Waals surface area contributed by atoms with Crippen molar-refractivity contribution in [3.8, 4) is 0 Å². The highest BCUT2D eigenvalue weighted by Crippen LogP contribution is 2.62. The van der Waals surface area contributed by atoms with Crippen molar-refractivity contribution in [2.75, 3.05) is 0 Å². The van der Waals surface area contributed by atoms with Crippen molar-refractivity contribution in [2.45, 2.75) is 52.1 Å². The molecule has 0 N–H and O–H groups in total. The van der Waals surface area contributed by atoms with Gasteiger partial charge in [0.2, 0.25) is 0 Å². The third-order valence-electron chi connectivity index (χ3n) is 5.65. The molecule has 0 spiro atoms. The van der Waals surface area contributed by atoms with Crippen LogP contribution in [0.2, 0.25) is 0 Å². The number of hydrogen-bond donors (Lipinski definition) is 0. The Morgan fingerprint density at radius 2 is 1.26 bits per heavy atom. The van der Waals surface area contributed by atoms with Crippen LogP contribution >= 0.6 is 7.26 Å². The molecule has 0 saturated carbocycles. The second kappa shape index (κ2) is 9.34. The van der Waals surface area contributed by atoms with E-state index < -0.39 is 7.26 Å². The summed E-state index contributed by atoms with van der Waals surface area (Å²) in [7, 11) is -1.72. The predicted octanol–water partition coefficient (Wildman–Crippen LogP) is 6.26. The number of rotatable bonds is 8. The Labute approximate surface area is 166 Å². The standard InChI is InChI=1S/C26H32P/c1-4-6-15-23(5-2)27(24-16-9-7-10-17-24,25-18-11-8-12-19-25)26-20-13-14-22(3)21-26/h7-14,16-21,23H,4-6,15H2,1-3H3/q+1. The molecule has 0 nitrogen and oxygen atoms in total. The Hall–Kier alpha value is -1.91. The zero-order chi connectivity index (χ0) is 19.1. The second-order valence-corrected chi connectivity index (χ2v) is 11.2. The van der Waals surface area contributed by atoms with Crippen LogP contribution in [-0.4, -0.2) is 5.66 Å². The summed E-state index contributed by atoms with van der Waals surface area (Å²) in [6, 6.07) is 32.0. The van der Waals surface area contributed by atoms with E-state index in [1.54, 1.807) is 0 Å². The first-order valence-electron chi connectivity index (χ1n) is 10.3. The summed E-state index contributed by atoms with van der Waals surface area (Å²) in [6.45, 7) is 6.92. The maximum absolute atomic E-state index is 2.45. The van der Waals surface area contributed by atoms with Crippen molar-refractivity contribution in [2.24, 2.45) is 0 Å². The molecule has 27 heavy (non-hydrogen) atoms. The minimum absolute atomic E-state index is 0.670. The Morgan fingerprint density at radius 1 is 0.704 bits per heavy atom. The first-order chi connectivity index (χ1) is 13.2. The molecular weight excluding hydrogens is 343 g/mol. The quantitative estimate of drug-likeness (QED) is 0.408. The van der Waals surface area contributed by atoms with E-state index in [2.05, 4.69) is 106 Å². The van der Waals surface area contributed by atoms with Crippen LogP contribution in [0.25, 0.3) is 0 Å². The molecule has 0 aromatic heterocycles. The lowest BCUT2D eigenvalue weighted by molar-refractivity contribution is 0.664. The van der Waals surface area contributed by atoms with E-state index in [-0.39, 0.29) is 0 Å². The minimum Gasteiger partial charge on any atom is -0.0654 e. The Balaban J connectivity index is 2.34. The molecule has 140 valence electrons. The predicted molar refractivity (Wildman–Crippen MR) is 123 cm³/mol. The lowest BCUT2D eigenvalue weighted by Gasteiger charge is -2.34. The summed E-state index contributed by atoms with van der Waals surface area (Å²) in [4.78, 5) is 0. The molecule has 0 radical (unpaired) electrons. The molecule has 1 heteroatoms. The third kappa shape index (κ3) is 4.02. The third-order valence-corrected chi connectivity index (χ3v) is 10.7. The molecule has 0 fully saturated rings. The highest BCUT2D eigenvalue weighted by molar-refractivity contribution is 7.96. The molecule has 0 aliphatic heterocycles. The fourth-order valence-electron chi connectivity index (χ4n) is 4.36. The van der Waals surface area contributed by atoms with Gasteiger partial charge in [0.05, 0.1) is 5.66 Å². The van der Waals surface area contributed by atoms with Crippen LogP contribution in [0.1, 0.15) is 45.1 Å².